The molecule has 1 aromatic rings. The lowest BCUT2D eigenvalue weighted by atomic mass is 9.94. The highest BCUT2D eigenvalue weighted by atomic mass is 16.5. The quantitative estimate of drug-likeness (QED) is 0.836. The van der Waals surface area contributed by atoms with Gasteiger partial charge in [-0.05, 0) is 59.2 Å². The summed E-state index contributed by atoms with van der Waals surface area (Å²) in [5, 5.41) is 0. The Hall–Kier alpha value is -1.56. The maximum absolute atomic E-state index is 11.8. The minimum Gasteiger partial charge on any atom is -0.461 e. The van der Waals surface area contributed by atoms with Crippen LogP contribution in [0.4, 0.5) is 5.82 Å². The van der Waals surface area contributed by atoms with Crippen LogP contribution in [0.1, 0.15) is 42.5 Å². The molecule has 0 spiro atoms. The minimum atomic E-state index is -0.434. The van der Waals surface area contributed by atoms with Crippen molar-refractivity contribution in [1.82, 2.24) is 14.5 Å². The maximum atomic E-state index is 11.8. The van der Waals surface area contributed by atoms with Crippen LogP contribution in [0.3, 0.4) is 0 Å². The number of hydrogen-bond acceptors (Lipinski definition) is 5. The molecule has 1 fully saturated rings. The number of nitrogens with zero attached hydrogens (tertiary/aromatic N) is 3. The second-order valence-electron chi connectivity index (χ2n) is 5.80. The van der Waals surface area contributed by atoms with Gasteiger partial charge in [0, 0.05) is 6.54 Å². The van der Waals surface area contributed by atoms with Crippen LogP contribution in [0.2, 0.25) is 0 Å². The fourth-order valence-corrected chi connectivity index (χ4v) is 2.88. The third-order valence-corrected chi connectivity index (χ3v) is 4.27. The molecule has 1 aliphatic heterocycles. The van der Waals surface area contributed by atoms with Gasteiger partial charge in [0.05, 0.1) is 6.61 Å². The zero-order valence-corrected chi connectivity index (χ0v) is 13.3. The highest BCUT2D eigenvalue weighted by molar-refractivity contribution is 5.92. The zero-order chi connectivity index (χ0) is 15.4. The largest absolute Gasteiger partial charge is 0.461 e. The fraction of sp³-hybridized carbons (Fsp3) is 0.733. The summed E-state index contributed by atoms with van der Waals surface area (Å²) in [4.78, 5) is 18.4. The zero-order valence-electron chi connectivity index (χ0n) is 13.3. The average Bonchev–Trinajstić information content (AvgIpc) is 2.74. The van der Waals surface area contributed by atoms with Gasteiger partial charge in [-0.3, -0.25) is 0 Å². The summed E-state index contributed by atoms with van der Waals surface area (Å²) in [6.45, 7) is 7.14. The highest BCUT2D eigenvalue weighted by Crippen LogP contribution is 2.22. The van der Waals surface area contributed by atoms with Gasteiger partial charge in [0.1, 0.15) is 11.6 Å². The van der Waals surface area contributed by atoms with Gasteiger partial charge in [0.25, 0.3) is 0 Å². The Morgan fingerprint density at radius 3 is 2.71 bits per heavy atom. The lowest BCUT2D eigenvalue weighted by Crippen LogP contribution is -2.30. The molecular formula is C15H26N4O2. The van der Waals surface area contributed by atoms with Gasteiger partial charge in [-0.15, -0.1) is 0 Å². The van der Waals surface area contributed by atoms with E-state index in [9.17, 15) is 4.79 Å². The molecule has 0 atom stereocenters. The normalized spacial score (nSPS) is 17.1. The highest BCUT2D eigenvalue weighted by Gasteiger charge is 2.21. The molecule has 1 aliphatic rings. The Morgan fingerprint density at radius 1 is 1.43 bits per heavy atom. The molecule has 2 heterocycles. The molecule has 0 unspecified atom stereocenters. The third kappa shape index (κ3) is 3.75. The van der Waals surface area contributed by atoms with Crippen LogP contribution >= 0.6 is 0 Å². The molecule has 0 amide bonds. The number of anilines is 1. The Kier molecular flexibility index (Phi) is 5.22. The molecule has 2 N–H and O–H groups in total. The lowest BCUT2D eigenvalue weighted by molar-refractivity contribution is 0.0521. The first-order chi connectivity index (χ1) is 10.0. The number of ether oxygens (including phenoxy) is 1. The first kappa shape index (κ1) is 15.8. The lowest BCUT2D eigenvalue weighted by Gasteiger charge is -2.29. The van der Waals surface area contributed by atoms with Crippen LogP contribution in [0, 0.1) is 12.8 Å². The molecule has 1 aromatic heterocycles. The molecule has 6 heteroatoms. The smallest absolute Gasteiger partial charge is 0.360 e. The summed E-state index contributed by atoms with van der Waals surface area (Å²) in [6.07, 6.45) is 3.54. The standard InChI is InChI=1S/C15H26N4O2/c1-4-21-15(20)13-14(16)19(11(2)17-13)10-7-12-5-8-18(3)9-6-12/h12H,4-10,16H2,1-3H3. The Bertz CT molecular complexity index is 490. The topological polar surface area (TPSA) is 73.4 Å². The van der Waals surface area contributed by atoms with Crippen molar-refractivity contribution >= 4 is 11.8 Å². The molecule has 118 valence electrons. The molecule has 1 saturated heterocycles. The van der Waals surface area contributed by atoms with Crippen LogP contribution < -0.4 is 5.73 Å². The van der Waals surface area contributed by atoms with Crippen molar-refractivity contribution in [1.29, 1.82) is 0 Å². The van der Waals surface area contributed by atoms with E-state index < -0.39 is 5.97 Å². The maximum Gasteiger partial charge on any atom is 0.360 e. The third-order valence-electron chi connectivity index (χ3n) is 4.27. The van der Waals surface area contributed by atoms with Crippen LogP contribution in [0.15, 0.2) is 0 Å². The first-order valence-electron chi connectivity index (χ1n) is 7.71. The van der Waals surface area contributed by atoms with Gasteiger partial charge in [-0.25, -0.2) is 9.78 Å². The van der Waals surface area contributed by atoms with Gasteiger partial charge in [0.2, 0.25) is 0 Å². The van der Waals surface area contributed by atoms with E-state index in [0.29, 0.717) is 12.4 Å². The van der Waals surface area contributed by atoms with E-state index in [-0.39, 0.29) is 5.69 Å². The number of rotatable bonds is 5. The van der Waals surface area contributed by atoms with E-state index in [1.54, 1.807) is 6.92 Å². The summed E-state index contributed by atoms with van der Waals surface area (Å²) >= 11 is 0. The summed E-state index contributed by atoms with van der Waals surface area (Å²) in [5.41, 5.74) is 6.31. The Morgan fingerprint density at radius 2 is 2.10 bits per heavy atom. The molecule has 21 heavy (non-hydrogen) atoms. The second kappa shape index (κ2) is 6.93. The number of nitrogens with two attached hydrogens (primary N) is 1. The van der Waals surface area contributed by atoms with E-state index in [2.05, 4.69) is 16.9 Å². The van der Waals surface area contributed by atoms with Crippen LogP contribution in [-0.4, -0.2) is 47.2 Å². The van der Waals surface area contributed by atoms with Gasteiger partial charge < -0.3 is 19.9 Å². The van der Waals surface area contributed by atoms with Crippen molar-refractivity contribution in [3.8, 4) is 0 Å². The molecule has 0 bridgehead atoms. The Balaban J connectivity index is 1.98. The van der Waals surface area contributed by atoms with Gasteiger partial charge in [-0.1, -0.05) is 0 Å². The average molecular weight is 294 g/mol. The van der Waals surface area contributed by atoms with Crippen molar-refractivity contribution in [3.63, 3.8) is 0 Å². The number of likely N-dealkylation sites (tertiary alicyclic amines) is 1. The van der Waals surface area contributed by atoms with Crippen molar-refractivity contribution in [2.45, 2.75) is 39.7 Å². The second-order valence-corrected chi connectivity index (χ2v) is 5.80. The number of hydrogen-bond donors (Lipinski definition) is 1. The monoisotopic (exact) mass is 294 g/mol. The van der Waals surface area contributed by atoms with E-state index in [1.807, 2.05) is 11.5 Å². The predicted molar refractivity (Wildman–Crippen MR) is 82.2 cm³/mol. The van der Waals surface area contributed by atoms with Crippen LogP contribution in [0.5, 0.6) is 0 Å². The molecular weight excluding hydrogens is 268 g/mol. The van der Waals surface area contributed by atoms with Crippen molar-refractivity contribution < 1.29 is 9.53 Å². The van der Waals surface area contributed by atoms with Crippen molar-refractivity contribution in [2.24, 2.45) is 5.92 Å². The van der Waals surface area contributed by atoms with Crippen molar-refractivity contribution in [2.75, 3.05) is 32.5 Å². The predicted octanol–water partition coefficient (Wildman–Crippen LogP) is 1.68. The van der Waals surface area contributed by atoms with E-state index in [0.717, 1.165) is 37.8 Å². The summed E-state index contributed by atoms with van der Waals surface area (Å²) < 4.78 is 6.92. The number of aromatic nitrogens is 2. The summed E-state index contributed by atoms with van der Waals surface area (Å²) in [5.74, 6) is 1.51. The van der Waals surface area contributed by atoms with Gasteiger partial charge >= 0.3 is 5.97 Å². The number of aryl methyl sites for hydroxylation is 1. The van der Waals surface area contributed by atoms with Crippen LogP contribution in [0.25, 0.3) is 0 Å². The molecule has 0 radical (unpaired) electrons. The number of esters is 1. The number of nitrogen functional groups attached to an aromatic ring is 1. The minimum absolute atomic E-state index is 0.248. The molecule has 0 aliphatic carbocycles. The van der Waals surface area contributed by atoms with E-state index in [1.165, 1.54) is 12.8 Å². The number of piperidine rings is 1. The summed E-state index contributed by atoms with van der Waals surface area (Å²) in [6, 6.07) is 0. The van der Waals surface area contributed by atoms with E-state index >= 15 is 0 Å². The first-order valence-corrected chi connectivity index (χ1v) is 7.71. The van der Waals surface area contributed by atoms with Gasteiger partial charge in [-0.2, -0.15) is 0 Å². The van der Waals surface area contributed by atoms with Gasteiger partial charge in [0.15, 0.2) is 5.69 Å². The molecule has 6 nitrogen and oxygen atoms in total. The number of imidazole rings is 1. The van der Waals surface area contributed by atoms with Crippen LogP contribution in [-0.2, 0) is 11.3 Å². The number of carbonyl (C=O) groups excluding carboxylic acids is 1. The SMILES string of the molecule is CCOC(=O)c1nc(C)n(CCC2CCN(C)CC2)c1N. The molecule has 0 aromatic carbocycles. The number of carbonyl (C=O) groups is 1. The van der Waals surface area contributed by atoms with E-state index in [4.69, 9.17) is 10.5 Å². The Labute approximate surface area is 126 Å². The fourth-order valence-electron chi connectivity index (χ4n) is 2.88. The molecule has 2 rings (SSSR count). The summed E-state index contributed by atoms with van der Waals surface area (Å²) in [7, 11) is 2.17. The van der Waals surface area contributed by atoms with Crippen molar-refractivity contribution in [3.05, 3.63) is 11.5 Å². The molecule has 0 saturated carbocycles.